The summed E-state index contributed by atoms with van der Waals surface area (Å²) in [7, 11) is 0. The number of aryl methyl sites for hydroxylation is 1. The lowest BCUT2D eigenvalue weighted by Crippen LogP contribution is -2.05. The summed E-state index contributed by atoms with van der Waals surface area (Å²) >= 11 is 0. The van der Waals surface area contributed by atoms with E-state index in [1.54, 1.807) is 6.08 Å². The highest BCUT2D eigenvalue weighted by atomic mass is 16.6. The summed E-state index contributed by atoms with van der Waals surface area (Å²) in [6, 6.07) is 26.8. The van der Waals surface area contributed by atoms with E-state index in [9.17, 15) is 4.79 Å². The van der Waals surface area contributed by atoms with Gasteiger partial charge >= 0.3 is 5.97 Å². The minimum absolute atomic E-state index is 0.303. The van der Waals surface area contributed by atoms with Gasteiger partial charge in [-0.1, -0.05) is 118 Å². The van der Waals surface area contributed by atoms with Crippen molar-refractivity contribution in [3.8, 4) is 11.1 Å². The number of allylic oxidation sites excluding steroid dienone is 2. The molecule has 0 spiro atoms. The van der Waals surface area contributed by atoms with Crippen LogP contribution in [0.3, 0.4) is 0 Å². The molecule has 4 rings (SSSR count). The van der Waals surface area contributed by atoms with Crippen molar-refractivity contribution in [2.75, 3.05) is 0 Å². The molecule has 1 aliphatic rings. The maximum atomic E-state index is 12.2. The van der Waals surface area contributed by atoms with Gasteiger partial charge in [0.25, 0.3) is 0 Å². The molecule has 0 aromatic heterocycles. The number of carbonyl (C=O) groups excluding carboxylic acids is 1. The Hall–Kier alpha value is -3.72. The zero-order valence-corrected chi connectivity index (χ0v) is 20.5. The zero-order chi connectivity index (χ0) is 24.3. The van der Waals surface area contributed by atoms with Crippen LogP contribution in [0.2, 0.25) is 0 Å². The van der Waals surface area contributed by atoms with Crippen LogP contribution in [-0.2, 0) is 16.0 Å². The SMILES string of the molecule is CCCCCCCCc1ccc(-c2ccc(C3=NC(=CC=Cc4ccccc4)C(=O)O3)cc2)cc1. The number of esters is 1. The lowest BCUT2D eigenvalue weighted by Gasteiger charge is -2.06. The molecular weight excluding hydrogens is 430 g/mol. The quantitative estimate of drug-likeness (QED) is 0.163. The van der Waals surface area contributed by atoms with Crippen molar-refractivity contribution < 1.29 is 9.53 Å². The highest BCUT2D eigenvalue weighted by Crippen LogP contribution is 2.23. The van der Waals surface area contributed by atoms with Crippen molar-refractivity contribution in [3.63, 3.8) is 0 Å². The Bertz CT molecular complexity index is 1190. The van der Waals surface area contributed by atoms with Crippen LogP contribution in [0.4, 0.5) is 0 Å². The van der Waals surface area contributed by atoms with Crippen LogP contribution in [0.25, 0.3) is 17.2 Å². The lowest BCUT2D eigenvalue weighted by molar-refractivity contribution is -0.130. The molecule has 3 aromatic rings. The fraction of sp³-hybridized carbons (Fsp3) is 0.250. The molecule has 3 aromatic carbocycles. The van der Waals surface area contributed by atoms with Crippen molar-refractivity contribution in [1.29, 1.82) is 0 Å². The number of rotatable bonds is 11. The molecule has 0 bridgehead atoms. The van der Waals surface area contributed by atoms with Gasteiger partial charge in [-0.15, -0.1) is 0 Å². The van der Waals surface area contributed by atoms with Gasteiger partial charge in [0.2, 0.25) is 5.90 Å². The van der Waals surface area contributed by atoms with Gasteiger partial charge in [-0.3, -0.25) is 0 Å². The van der Waals surface area contributed by atoms with E-state index in [0.29, 0.717) is 11.6 Å². The number of cyclic esters (lactones) is 1. The molecule has 0 fully saturated rings. The fourth-order valence-electron chi connectivity index (χ4n) is 4.14. The molecule has 0 amide bonds. The number of ether oxygens (including phenoxy) is 1. The molecule has 35 heavy (non-hydrogen) atoms. The second-order valence-corrected chi connectivity index (χ2v) is 8.92. The molecule has 1 heterocycles. The summed E-state index contributed by atoms with van der Waals surface area (Å²) in [6.07, 6.45) is 14.5. The van der Waals surface area contributed by atoms with Crippen molar-refractivity contribution >= 4 is 17.9 Å². The summed E-state index contributed by atoms with van der Waals surface area (Å²) < 4.78 is 5.40. The van der Waals surface area contributed by atoms with Crippen LogP contribution in [0, 0.1) is 0 Å². The van der Waals surface area contributed by atoms with E-state index in [4.69, 9.17) is 4.74 Å². The topological polar surface area (TPSA) is 38.7 Å². The number of nitrogens with zero attached hydrogens (tertiary/aromatic N) is 1. The van der Waals surface area contributed by atoms with Crippen molar-refractivity contribution in [2.45, 2.75) is 51.9 Å². The predicted octanol–water partition coefficient (Wildman–Crippen LogP) is 8.16. The van der Waals surface area contributed by atoms with Crippen LogP contribution >= 0.6 is 0 Å². The molecule has 3 heteroatoms. The minimum atomic E-state index is -0.428. The molecule has 0 saturated carbocycles. The average Bonchev–Trinajstić information content (AvgIpc) is 3.27. The first-order chi connectivity index (χ1) is 17.2. The van der Waals surface area contributed by atoms with Gasteiger partial charge in [0, 0.05) is 5.56 Å². The van der Waals surface area contributed by atoms with Crippen LogP contribution in [0.5, 0.6) is 0 Å². The van der Waals surface area contributed by atoms with Gasteiger partial charge in [-0.05, 0) is 53.3 Å². The molecule has 178 valence electrons. The van der Waals surface area contributed by atoms with Gasteiger partial charge in [0.05, 0.1) is 0 Å². The summed E-state index contributed by atoms with van der Waals surface area (Å²) in [4.78, 5) is 16.6. The van der Waals surface area contributed by atoms with Crippen molar-refractivity contribution in [2.24, 2.45) is 4.99 Å². The second-order valence-electron chi connectivity index (χ2n) is 8.92. The first-order valence-electron chi connectivity index (χ1n) is 12.7. The van der Waals surface area contributed by atoms with Gasteiger partial charge in [-0.25, -0.2) is 9.79 Å². The number of hydrogen-bond donors (Lipinski definition) is 0. The zero-order valence-electron chi connectivity index (χ0n) is 20.5. The Morgan fingerprint density at radius 2 is 1.37 bits per heavy atom. The average molecular weight is 464 g/mol. The van der Waals surface area contributed by atoms with Gasteiger partial charge in [0.15, 0.2) is 5.70 Å². The molecule has 3 nitrogen and oxygen atoms in total. The Kier molecular flexibility index (Phi) is 8.83. The molecule has 1 aliphatic heterocycles. The largest absolute Gasteiger partial charge is 0.402 e. The molecule has 0 unspecified atom stereocenters. The van der Waals surface area contributed by atoms with E-state index in [0.717, 1.165) is 23.1 Å². The van der Waals surface area contributed by atoms with E-state index >= 15 is 0 Å². The number of benzene rings is 3. The van der Waals surface area contributed by atoms with Crippen LogP contribution < -0.4 is 0 Å². The monoisotopic (exact) mass is 463 g/mol. The maximum Gasteiger partial charge on any atom is 0.363 e. The Balaban J connectivity index is 1.34. The highest BCUT2D eigenvalue weighted by Gasteiger charge is 2.23. The highest BCUT2D eigenvalue weighted by molar-refractivity contribution is 6.11. The van der Waals surface area contributed by atoms with Crippen LogP contribution in [0.15, 0.2) is 102 Å². The molecular formula is C32H33NO2. The standard InChI is InChI=1S/C32H33NO2/c1-2-3-4-5-6-8-14-26-17-19-27(20-18-26)28-21-23-29(24-22-28)31-33-30(32(34)35-31)16-11-15-25-12-9-7-10-13-25/h7,9-13,15-24H,2-6,8,14H2,1H3. The fourth-order valence-corrected chi connectivity index (χ4v) is 4.14. The minimum Gasteiger partial charge on any atom is -0.402 e. The summed E-state index contributed by atoms with van der Waals surface area (Å²) in [5.74, 6) is -0.0852. The third-order valence-corrected chi connectivity index (χ3v) is 6.20. The molecule has 0 N–H and O–H groups in total. The van der Waals surface area contributed by atoms with Crippen LogP contribution in [0.1, 0.15) is 62.1 Å². The van der Waals surface area contributed by atoms with Crippen molar-refractivity contribution in [1.82, 2.24) is 0 Å². The number of carbonyl (C=O) groups is 1. The van der Waals surface area contributed by atoms with Gasteiger partial charge in [0.1, 0.15) is 0 Å². The van der Waals surface area contributed by atoms with Crippen molar-refractivity contribution in [3.05, 3.63) is 113 Å². The third-order valence-electron chi connectivity index (χ3n) is 6.20. The van der Waals surface area contributed by atoms with E-state index in [1.807, 2.05) is 66.7 Å². The van der Waals surface area contributed by atoms with E-state index in [-0.39, 0.29) is 0 Å². The maximum absolute atomic E-state index is 12.2. The van der Waals surface area contributed by atoms with E-state index in [1.165, 1.54) is 49.7 Å². The van der Waals surface area contributed by atoms with Gasteiger partial charge in [-0.2, -0.15) is 0 Å². The first-order valence-corrected chi connectivity index (χ1v) is 12.7. The van der Waals surface area contributed by atoms with Crippen LogP contribution in [-0.4, -0.2) is 11.9 Å². The summed E-state index contributed by atoms with van der Waals surface area (Å²) in [5.41, 5.74) is 5.86. The Morgan fingerprint density at radius 3 is 2.09 bits per heavy atom. The molecule has 0 radical (unpaired) electrons. The molecule has 0 aliphatic carbocycles. The lowest BCUT2D eigenvalue weighted by atomic mass is 10.00. The third kappa shape index (κ3) is 7.13. The predicted molar refractivity (Wildman–Crippen MR) is 145 cm³/mol. The normalized spacial score (nSPS) is 14.5. The van der Waals surface area contributed by atoms with E-state index < -0.39 is 5.97 Å². The smallest absolute Gasteiger partial charge is 0.363 e. The molecule has 0 saturated heterocycles. The van der Waals surface area contributed by atoms with Gasteiger partial charge < -0.3 is 4.74 Å². The Morgan fingerprint density at radius 1 is 0.743 bits per heavy atom. The summed E-state index contributed by atoms with van der Waals surface area (Å²) in [6.45, 7) is 2.26. The summed E-state index contributed by atoms with van der Waals surface area (Å²) in [5, 5.41) is 0. The molecule has 0 atom stereocenters. The number of unbranched alkanes of at least 4 members (excludes halogenated alkanes) is 5. The number of hydrogen-bond acceptors (Lipinski definition) is 3. The number of aliphatic imine (C=N–C) groups is 1. The second kappa shape index (κ2) is 12.7. The van der Waals surface area contributed by atoms with E-state index in [2.05, 4.69) is 36.2 Å². The Labute approximate surface area is 208 Å². The first kappa shape index (κ1) is 24.4.